The van der Waals surface area contributed by atoms with Crippen molar-refractivity contribution in [3.8, 4) is 0 Å². The van der Waals surface area contributed by atoms with E-state index in [0.29, 0.717) is 0 Å². The van der Waals surface area contributed by atoms with Crippen LogP contribution >= 0.6 is 15.9 Å². The number of aliphatic imine (C=N–C) groups is 1. The molecule has 3 N–H and O–H groups in total. The first-order valence-corrected chi connectivity index (χ1v) is 11.0. The number of benzene rings is 1. The smallest absolute Gasteiger partial charge is 0.282 e. The molecule has 0 aliphatic carbocycles. The lowest BCUT2D eigenvalue weighted by Gasteiger charge is -2.18. The second kappa shape index (κ2) is 9.90. The molecular formula is C15H17BrF3N7O4S. The van der Waals surface area contributed by atoms with E-state index in [2.05, 4.69) is 41.2 Å². The van der Waals surface area contributed by atoms with Crippen molar-refractivity contribution in [1.29, 1.82) is 0 Å². The number of aromatic nitrogens is 2. The van der Waals surface area contributed by atoms with Gasteiger partial charge < -0.3 is 5.32 Å². The van der Waals surface area contributed by atoms with Crippen molar-refractivity contribution in [3.05, 3.63) is 34.2 Å². The van der Waals surface area contributed by atoms with Gasteiger partial charge in [0.2, 0.25) is 5.82 Å². The molecular weight excluding hydrogens is 511 g/mol. The van der Waals surface area contributed by atoms with Crippen molar-refractivity contribution in [3.63, 3.8) is 0 Å². The lowest BCUT2D eigenvalue weighted by Crippen LogP contribution is -2.37. The summed E-state index contributed by atoms with van der Waals surface area (Å²) in [6, 6.07) is 3.91. The van der Waals surface area contributed by atoms with E-state index in [1.165, 1.54) is 18.2 Å². The topological polar surface area (TPSA) is 136 Å². The highest BCUT2D eigenvalue weighted by molar-refractivity contribution is 9.10. The molecule has 1 aliphatic rings. The molecule has 0 saturated carbocycles. The fraction of sp³-hybridized carbons (Fsp3) is 0.400. The molecule has 11 nitrogen and oxygen atoms in total. The van der Waals surface area contributed by atoms with E-state index in [1.54, 1.807) is 0 Å². The van der Waals surface area contributed by atoms with E-state index >= 15 is 0 Å². The number of nitrogens with one attached hydrogen (secondary N) is 2. The largest absolute Gasteiger partial charge is 0.364 e. The summed E-state index contributed by atoms with van der Waals surface area (Å²) >= 11 is 3.03. The van der Waals surface area contributed by atoms with Crippen LogP contribution in [0.2, 0.25) is 0 Å². The Balaban J connectivity index is 1.66. The minimum atomic E-state index is -3.97. The first kappa shape index (κ1) is 23.4. The summed E-state index contributed by atoms with van der Waals surface area (Å²) in [5, 5.41) is 19.5. The molecule has 2 heterocycles. The first-order chi connectivity index (χ1) is 14.7. The third kappa shape index (κ3) is 5.51. The summed E-state index contributed by atoms with van der Waals surface area (Å²) in [5.74, 6) is -0.617. The second-order valence-corrected chi connectivity index (χ2v) is 9.00. The number of hydroxylamine groups is 1. The van der Waals surface area contributed by atoms with Crippen LogP contribution < -0.4 is 10.8 Å². The van der Waals surface area contributed by atoms with Gasteiger partial charge in [0, 0.05) is 26.2 Å². The van der Waals surface area contributed by atoms with Crippen molar-refractivity contribution in [2.24, 2.45) is 4.99 Å². The van der Waals surface area contributed by atoms with Gasteiger partial charge in [-0.05, 0) is 44.4 Å². The van der Waals surface area contributed by atoms with Crippen molar-refractivity contribution in [2.45, 2.75) is 6.43 Å². The molecule has 16 heteroatoms. The second-order valence-electron chi connectivity index (χ2n) is 6.21. The van der Waals surface area contributed by atoms with Gasteiger partial charge in [-0.15, -0.1) is 0 Å². The number of anilines is 1. The van der Waals surface area contributed by atoms with Crippen LogP contribution in [0.1, 0.15) is 5.69 Å². The maximum atomic E-state index is 13.4. The highest BCUT2D eigenvalue weighted by atomic mass is 79.9. The molecule has 0 radical (unpaired) electrons. The van der Waals surface area contributed by atoms with Gasteiger partial charge in [0.25, 0.3) is 16.6 Å². The van der Waals surface area contributed by atoms with Crippen LogP contribution in [-0.4, -0.2) is 77.5 Å². The maximum absolute atomic E-state index is 13.4. The van der Waals surface area contributed by atoms with E-state index in [9.17, 15) is 26.8 Å². The fourth-order valence-corrected chi connectivity index (χ4v) is 4.70. The molecule has 0 amide bonds. The van der Waals surface area contributed by atoms with E-state index in [-0.39, 0.29) is 53.7 Å². The molecule has 2 aromatic rings. The lowest BCUT2D eigenvalue weighted by atomic mass is 10.3. The maximum Gasteiger partial charge on any atom is 0.282 e. The van der Waals surface area contributed by atoms with Crippen LogP contribution in [0.5, 0.6) is 0 Å². The highest BCUT2D eigenvalue weighted by Crippen LogP contribution is 2.23. The van der Waals surface area contributed by atoms with E-state index in [1.807, 2.05) is 5.48 Å². The van der Waals surface area contributed by atoms with Gasteiger partial charge in [-0.3, -0.25) is 10.7 Å². The number of hydrogen-bond acceptors (Lipinski definition) is 8. The monoisotopic (exact) mass is 527 g/mol. The quantitative estimate of drug-likeness (QED) is 0.267. The average Bonchev–Trinajstić information content (AvgIpc) is 3.28. The molecule has 0 unspecified atom stereocenters. The van der Waals surface area contributed by atoms with Crippen LogP contribution in [0.25, 0.3) is 0 Å². The van der Waals surface area contributed by atoms with E-state index in [0.717, 1.165) is 8.61 Å². The standard InChI is InChI=1S/C15H17BrF3N7O4S/c16-10-7-9(1-2-11(10)17)21-15(22-27)13-14(24-30-23-13)20-3-4-25-5-6-26(8-12(18)19)31(25,28)29/h1-2,7,12,27H,3-6,8H2,(H,20,24)(H,21,22). The Morgan fingerprint density at radius 1 is 1.32 bits per heavy atom. The molecule has 0 atom stereocenters. The zero-order valence-corrected chi connectivity index (χ0v) is 18.1. The summed E-state index contributed by atoms with van der Waals surface area (Å²) < 4.78 is 69.5. The Bertz CT molecular complexity index is 1050. The van der Waals surface area contributed by atoms with Crippen LogP contribution in [0.3, 0.4) is 0 Å². The van der Waals surface area contributed by atoms with Gasteiger partial charge in [-0.25, -0.2) is 22.8 Å². The Labute approximate surface area is 183 Å². The summed E-state index contributed by atoms with van der Waals surface area (Å²) in [6.07, 6.45) is -2.76. The Kier molecular flexibility index (Phi) is 7.47. The predicted octanol–water partition coefficient (Wildman–Crippen LogP) is 1.57. The van der Waals surface area contributed by atoms with Gasteiger partial charge >= 0.3 is 0 Å². The van der Waals surface area contributed by atoms with Crippen molar-refractivity contribution >= 4 is 43.5 Å². The zero-order valence-electron chi connectivity index (χ0n) is 15.7. The molecule has 1 aromatic carbocycles. The molecule has 170 valence electrons. The fourth-order valence-electron chi connectivity index (χ4n) is 2.76. The minimum Gasteiger partial charge on any atom is -0.364 e. The van der Waals surface area contributed by atoms with Gasteiger partial charge in [-0.1, -0.05) is 0 Å². The van der Waals surface area contributed by atoms with Crippen LogP contribution in [-0.2, 0) is 10.2 Å². The van der Waals surface area contributed by atoms with Crippen molar-refractivity contribution < 1.29 is 31.4 Å². The molecule has 3 rings (SSSR count). The number of rotatable bonds is 8. The molecule has 1 fully saturated rings. The Hall–Kier alpha value is -2.27. The van der Waals surface area contributed by atoms with Crippen LogP contribution in [0.4, 0.5) is 24.7 Å². The normalized spacial score (nSPS) is 17.4. The SMILES string of the molecule is O=S1(=O)N(CCNc2nonc2C(=Nc2ccc(F)c(Br)c2)NO)CCN1CC(F)F. The molecule has 0 spiro atoms. The van der Waals surface area contributed by atoms with E-state index in [4.69, 9.17) is 0 Å². The molecule has 31 heavy (non-hydrogen) atoms. The third-order valence-electron chi connectivity index (χ3n) is 4.21. The zero-order chi connectivity index (χ0) is 22.6. The molecule has 1 saturated heterocycles. The van der Waals surface area contributed by atoms with Crippen molar-refractivity contribution in [2.75, 3.05) is 38.0 Å². The third-order valence-corrected chi connectivity index (χ3v) is 6.82. The number of alkyl halides is 2. The molecule has 1 aromatic heterocycles. The minimum absolute atomic E-state index is 0.0217. The van der Waals surface area contributed by atoms with Gasteiger partial charge in [0.15, 0.2) is 11.5 Å². The van der Waals surface area contributed by atoms with Gasteiger partial charge in [0.05, 0.1) is 16.7 Å². The predicted molar refractivity (Wildman–Crippen MR) is 106 cm³/mol. The van der Waals surface area contributed by atoms with Gasteiger partial charge in [0.1, 0.15) is 5.82 Å². The van der Waals surface area contributed by atoms with Crippen LogP contribution in [0.15, 0.2) is 32.3 Å². The number of hydrogen-bond donors (Lipinski definition) is 3. The van der Waals surface area contributed by atoms with Crippen molar-refractivity contribution in [1.82, 2.24) is 24.4 Å². The Morgan fingerprint density at radius 3 is 2.74 bits per heavy atom. The lowest BCUT2D eigenvalue weighted by molar-refractivity contribution is 0.123. The average molecular weight is 528 g/mol. The first-order valence-electron chi connectivity index (χ1n) is 8.76. The summed E-state index contributed by atoms with van der Waals surface area (Å²) in [6.45, 7) is -0.792. The highest BCUT2D eigenvalue weighted by Gasteiger charge is 2.37. The van der Waals surface area contributed by atoms with Crippen LogP contribution in [0, 0.1) is 5.82 Å². The number of halogens is 4. The van der Waals surface area contributed by atoms with Gasteiger partial charge in [-0.2, -0.15) is 17.0 Å². The summed E-state index contributed by atoms with van der Waals surface area (Å²) in [5.41, 5.74) is 2.11. The summed E-state index contributed by atoms with van der Waals surface area (Å²) in [7, 11) is -3.97. The molecule has 1 aliphatic heterocycles. The van der Waals surface area contributed by atoms with E-state index < -0.39 is 29.0 Å². The molecule has 0 bridgehead atoms. The number of nitrogens with zero attached hydrogens (tertiary/aromatic N) is 5. The summed E-state index contributed by atoms with van der Waals surface area (Å²) in [4.78, 5) is 4.10. The number of amidine groups is 1. The Morgan fingerprint density at radius 2 is 2.06 bits per heavy atom.